The molecule has 4 rings (SSSR count). The summed E-state index contributed by atoms with van der Waals surface area (Å²) in [5.41, 5.74) is 2.60. The Bertz CT molecular complexity index is 1200. The number of furan rings is 1. The molecule has 0 fully saturated rings. The Hall–Kier alpha value is -3.65. The molecule has 4 aromatic rings. The summed E-state index contributed by atoms with van der Waals surface area (Å²) in [6.45, 7) is 2.37. The quantitative estimate of drug-likeness (QED) is 0.463. The maximum atomic E-state index is 12.2. The Morgan fingerprint density at radius 1 is 1.21 bits per heavy atom. The number of amides is 2. The number of H-pyrrole nitrogens is 1. The van der Waals surface area contributed by atoms with Crippen LogP contribution in [0, 0.1) is 0 Å². The Balaban J connectivity index is 1.66. The fourth-order valence-corrected chi connectivity index (χ4v) is 3.01. The van der Waals surface area contributed by atoms with Crippen LogP contribution in [0.3, 0.4) is 0 Å². The van der Waals surface area contributed by atoms with Gasteiger partial charge in [-0.1, -0.05) is 11.6 Å². The average Bonchev–Trinajstić information content (AvgIpc) is 3.39. The Kier molecular flexibility index (Phi) is 5.01. The van der Waals surface area contributed by atoms with Gasteiger partial charge in [-0.25, -0.2) is 9.97 Å². The summed E-state index contributed by atoms with van der Waals surface area (Å²) in [5, 5.41) is 5.93. The van der Waals surface area contributed by atoms with Crippen LogP contribution in [0.5, 0.6) is 0 Å². The monoisotopic (exact) mass is 409 g/mol. The highest BCUT2D eigenvalue weighted by atomic mass is 35.5. The molecule has 0 atom stereocenters. The lowest BCUT2D eigenvalue weighted by atomic mass is 10.2. The van der Waals surface area contributed by atoms with Crippen LogP contribution in [0.1, 0.15) is 27.8 Å². The molecule has 0 spiro atoms. The van der Waals surface area contributed by atoms with Gasteiger partial charge < -0.3 is 20.0 Å². The molecule has 0 aliphatic rings. The topological polar surface area (TPSA) is 113 Å². The number of carbonyl (C=O) groups excluding carboxylic acids is 2. The zero-order valence-corrected chi connectivity index (χ0v) is 16.1. The van der Waals surface area contributed by atoms with Crippen molar-refractivity contribution in [3.8, 4) is 11.4 Å². The van der Waals surface area contributed by atoms with Crippen molar-refractivity contribution >= 4 is 40.3 Å². The van der Waals surface area contributed by atoms with Crippen molar-refractivity contribution in [2.75, 3.05) is 11.9 Å². The number of carbonyl (C=O) groups is 2. The number of nitrogens with zero attached hydrogens (tertiary/aromatic N) is 2. The molecule has 1 aromatic carbocycles. The van der Waals surface area contributed by atoms with E-state index in [1.54, 1.807) is 36.4 Å². The number of aromatic nitrogens is 3. The number of fused-ring (bicyclic) bond motifs is 1. The summed E-state index contributed by atoms with van der Waals surface area (Å²) < 4.78 is 5.10. The summed E-state index contributed by atoms with van der Waals surface area (Å²) in [7, 11) is 0. The van der Waals surface area contributed by atoms with Crippen molar-refractivity contribution in [1.29, 1.82) is 0 Å². The second kappa shape index (κ2) is 7.76. The second-order valence-corrected chi connectivity index (χ2v) is 6.57. The smallest absolute Gasteiger partial charge is 0.291 e. The predicted octanol–water partition coefficient (Wildman–Crippen LogP) is 3.87. The molecule has 146 valence electrons. The molecule has 0 saturated heterocycles. The SMILES string of the molecule is CCNC(=O)c1cnc2nc(-c3cc(NC(=O)c4ccco4)ccc3Cl)[nH]c2c1. The van der Waals surface area contributed by atoms with Gasteiger partial charge in [0.15, 0.2) is 11.4 Å². The van der Waals surface area contributed by atoms with E-state index in [9.17, 15) is 9.59 Å². The van der Waals surface area contributed by atoms with E-state index in [2.05, 4.69) is 25.6 Å². The number of nitrogens with one attached hydrogen (secondary N) is 3. The lowest BCUT2D eigenvalue weighted by molar-refractivity contribution is 0.0954. The number of aromatic amines is 1. The van der Waals surface area contributed by atoms with Gasteiger partial charge >= 0.3 is 0 Å². The molecule has 3 aromatic heterocycles. The molecule has 0 radical (unpaired) electrons. The maximum Gasteiger partial charge on any atom is 0.291 e. The fraction of sp³-hybridized carbons (Fsp3) is 0.100. The highest BCUT2D eigenvalue weighted by Crippen LogP contribution is 2.30. The van der Waals surface area contributed by atoms with Crippen LogP contribution in [0.25, 0.3) is 22.6 Å². The molecule has 0 bridgehead atoms. The van der Waals surface area contributed by atoms with Crippen molar-refractivity contribution in [3.05, 3.63) is 65.2 Å². The fourth-order valence-electron chi connectivity index (χ4n) is 2.80. The van der Waals surface area contributed by atoms with Gasteiger partial charge in [-0.15, -0.1) is 0 Å². The molecule has 9 heteroatoms. The Morgan fingerprint density at radius 3 is 2.83 bits per heavy atom. The standard InChI is InChI=1S/C20H16ClN5O3/c1-2-22-19(27)11-8-15-18(23-10-11)26-17(25-15)13-9-12(5-6-14(13)21)24-20(28)16-4-3-7-29-16/h3-10H,2H2,1H3,(H,22,27)(H,24,28)(H,23,25,26). The van der Waals surface area contributed by atoms with E-state index in [0.717, 1.165) is 0 Å². The zero-order chi connectivity index (χ0) is 20.4. The molecule has 29 heavy (non-hydrogen) atoms. The van der Waals surface area contributed by atoms with Crippen LogP contribution < -0.4 is 10.6 Å². The number of benzene rings is 1. The number of pyridine rings is 1. The van der Waals surface area contributed by atoms with E-state index in [0.29, 0.717) is 45.4 Å². The minimum atomic E-state index is -0.374. The third-order valence-electron chi connectivity index (χ3n) is 4.16. The van der Waals surface area contributed by atoms with E-state index in [1.807, 2.05) is 6.92 Å². The van der Waals surface area contributed by atoms with Crippen molar-refractivity contribution in [3.63, 3.8) is 0 Å². The van der Waals surface area contributed by atoms with Gasteiger partial charge in [0.25, 0.3) is 11.8 Å². The van der Waals surface area contributed by atoms with Gasteiger partial charge in [0.1, 0.15) is 5.82 Å². The molecule has 0 saturated carbocycles. The van der Waals surface area contributed by atoms with Crippen LogP contribution in [0.2, 0.25) is 5.02 Å². The van der Waals surface area contributed by atoms with Gasteiger partial charge in [0.2, 0.25) is 0 Å². The number of hydrogen-bond donors (Lipinski definition) is 3. The number of halogens is 1. The molecule has 2 amide bonds. The number of imidazole rings is 1. The van der Waals surface area contributed by atoms with Crippen LogP contribution in [0.4, 0.5) is 5.69 Å². The molecule has 8 nitrogen and oxygen atoms in total. The molecule has 3 N–H and O–H groups in total. The van der Waals surface area contributed by atoms with E-state index in [1.165, 1.54) is 12.5 Å². The van der Waals surface area contributed by atoms with Gasteiger partial charge in [-0.05, 0) is 43.3 Å². The molecule has 0 aliphatic carbocycles. The summed E-state index contributed by atoms with van der Waals surface area (Å²) in [4.78, 5) is 36.0. The summed E-state index contributed by atoms with van der Waals surface area (Å²) in [5.74, 6) is 0.0896. The van der Waals surface area contributed by atoms with Crippen molar-refractivity contribution in [1.82, 2.24) is 20.3 Å². The molecule has 0 unspecified atom stereocenters. The van der Waals surface area contributed by atoms with Crippen LogP contribution in [-0.2, 0) is 0 Å². The summed E-state index contributed by atoms with van der Waals surface area (Å²) in [6, 6.07) is 9.93. The minimum Gasteiger partial charge on any atom is -0.459 e. The third kappa shape index (κ3) is 3.83. The number of anilines is 1. The molecule has 0 aliphatic heterocycles. The van der Waals surface area contributed by atoms with Gasteiger partial charge in [-0.2, -0.15) is 0 Å². The molecular formula is C20H16ClN5O3. The second-order valence-electron chi connectivity index (χ2n) is 6.17. The third-order valence-corrected chi connectivity index (χ3v) is 4.49. The van der Waals surface area contributed by atoms with E-state index in [4.69, 9.17) is 16.0 Å². The van der Waals surface area contributed by atoms with Crippen LogP contribution >= 0.6 is 11.6 Å². The first-order valence-electron chi connectivity index (χ1n) is 8.84. The van der Waals surface area contributed by atoms with E-state index >= 15 is 0 Å². The van der Waals surface area contributed by atoms with Crippen molar-refractivity contribution in [2.45, 2.75) is 6.92 Å². The Labute approximate surface area is 170 Å². The number of hydrogen-bond acceptors (Lipinski definition) is 5. The van der Waals surface area contributed by atoms with Crippen LogP contribution in [-0.4, -0.2) is 33.3 Å². The van der Waals surface area contributed by atoms with E-state index in [-0.39, 0.29) is 17.6 Å². The minimum absolute atomic E-state index is 0.201. The lowest BCUT2D eigenvalue weighted by Crippen LogP contribution is -2.22. The average molecular weight is 410 g/mol. The first-order chi connectivity index (χ1) is 14.0. The highest BCUT2D eigenvalue weighted by Gasteiger charge is 2.15. The Morgan fingerprint density at radius 2 is 2.07 bits per heavy atom. The molecular weight excluding hydrogens is 394 g/mol. The molecule has 3 heterocycles. The van der Waals surface area contributed by atoms with Gasteiger partial charge in [-0.3, -0.25) is 9.59 Å². The van der Waals surface area contributed by atoms with Crippen LogP contribution in [0.15, 0.2) is 53.3 Å². The predicted molar refractivity (Wildman–Crippen MR) is 109 cm³/mol. The summed E-state index contributed by atoms with van der Waals surface area (Å²) in [6.07, 6.45) is 2.90. The van der Waals surface area contributed by atoms with Crippen molar-refractivity contribution in [2.24, 2.45) is 0 Å². The highest BCUT2D eigenvalue weighted by molar-refractivity contribution is 6.33. The lowest BCUT2D eigenvalue weighted by Gasteiger charge is -2.07. The van der Waals surface area contributed by atoms with E-state index < -0.39 is 0 Å². The first-order valence-corrected chi connectivity index (χ1v) is 9.21. The zero-order valence-electron chi connectivity index (χ0n) is 15.3. The van der Waals surface area contributed by atoms with Gasteiger partial charge in [0.05, 0.1) is 22.4 Å². The van der Waals surface area contributed by atoms with Crippen molar-refractivity contribution < 1.29 is 14.0 Å². The first kappa shape index (κ1) is 18.7. The summed E-state index contributed by atoms with van der Waals surface area (Å²) >= 11 is 6.34. The largest absolute Gasteiger partial charge is 0.459 e. The normalized spacial score (nSPS) is 10.8. The van der Waals surface area contributed by atoms with Gasteiger partial charge in [0, 0.05) is 24.0 Å². The maximum absolute atomic E-state index is 12.2. The number of rotatable bonds is 5.